The lowest BCUT2D eigenvalue weighted by molar-refractivity contribution is -0.140. The molecule has 0 radical (unpaired) electrons. The third kappa shape index (κ3) is 1.60. The number of amides is 2. The fourth-order valence-electron chi connectivity index (χ4n) is 2.38. The number of rotatable bonds is 1. The predicted octanol–water partition coefficient (Wildman–Crippen LogP) is 0.958. The Morgan fingerprint density at radius 2 is 2.06 bits per heavy atom. The van der Waals surface area contributed by atoms with Crippen LogP contribution in [-0.4, -0.2) is 25.9 Å². The van der Waals surface area contributed by atoms with Crippen molar-refractivity contribution in [3.8, 4) is 0 Å². The molecule has 4 nitrogen and oxygen atoms in total. The second-order valence-electron chi connectivity index (χ2n) is 4.58. The third-order valence-corrected chi connectivity index (χ3v) is 3.40. The van der Waals surface area contributed by atoms with Gasteiger partial charge in [0.05, 0.1) is 0 Å². The lowest BCUT2D eigenvalue weighted by Crippen LogP contribution is -2.53. The molecule has 1 atom stereocenters. The van der Waals surface area contributed by atoms with Crippen LogP contribution >= 0.6 is 0 Å². The smallest absolute Gasteiger partial charge is 0.242 e. The van der Waals surface area contributed by atoms with Gasteiger partial charge in [-0.15, -0.1) is 0 Å². The Morgan fingerprint density at radius 3 is 2.71 bits per heavy atom. The average molecular weight is 232 g/mol. The number of para-hydroxylation sites is 1. The van der Waals surface area contributed by atoms with Crippen molar-refractivity contribution in [1.82, 2.24) is 5.32 Å². The van der Waals surface area contributed by atoms with Gasteiger partial charge >= 0.3 is 0 Å². The third-order valence-electron chi connectivity index (χ3n) is 3.40. The minimum absolute atomic E-state index is 0.157. The monoisotopic (exact) mass is 232 g/mol. The molecule has 1 N–H and O–H groups in total. The van der Waals surface area contributed by atoms with Gasteiger partial charge in [0.2, 0.25) is 11.8 Å². The van der Waals surface area contributed by atoms with Crippen LogP contribution in [0.4, 0.5) is 5.69 Å². The van der Waals surface area contributed by atoms with Crippen molar-refractivity contribution in [1.29, 1.82) is 0 Å². The summed E-state index contributed by atoms with van der Waals surface area (Å²) in [5.41, 5.74) is 0.914. The van der Waals surface area contributed by atoms with Crippen LogP contribution in [0.1, 0.15) is 12.5 Å². The van der Waals surface area contributed by atoms with Crippen molar-refractivity contribution < 1.29 is 9.59 Å². The summed E-state index contributed by atoms with van der Waals surface area (Å²) < 4.78 is 0. The zero-order valence-corrected chi connectivity index (χ0v) is 10.3. The fourth-order valence-corrected chi connectivity index (χ4v) is 2.38. The Bertz CT molecular complexity index is 484. The molecule has 90 valence electrons. The number of carbonyl (C=O) groups excluding carboxylic acids is 2. The summed E-state index contributed by atoms with van der Waals surface area (Å²) in [5, 5.41) is 2.57. The maximum Gasteiger partial charge on any atom is 0.242 e. The first kappa shape index (κ1) is 11.6. The summed E-state index contributed by atoms with van der Waals surface area (Å²) in [6, 6.07) is 7.67. The number of fused-ring (bicyclic) bond motifs is 1. The molecule has 2 amide bonds. The largest absolute Gasteiger partial charge is 0.358 e. The summed E-state index contributed by atoms with van der Waals surface area (Å²) in [4.78, 5) is 25.7. The molecule has 0 aliphatic carbocycles. The molecule has 4 heteroatoms. The molecule has 1 aromatic rings. The quantitative estimate of drug-likeness (QED) is 0.733. The first-order valence-electron chi connectivity index (χ1n) is 5.59. The van der Waals surface area contributed by atoms with Gasteiger partial charge in [0.1, 0.15) is 5.41 Å². The summed E-state index contributed by atoms with van der Waals surface area (Å²) in [7, 11) is 3.27. The first-order chi connectivity index (χ1) is 8.00. The molecule has 2 rings (SSSR count). The molecule has 1 aromatic carbocycles. The number of hydrogen-bond donors (Lipinski definition) is 1. The van der Waals surface area contributed by atoms with E-state index in [2.05, 4.69) is 5.32 Å². The molecule has 0 unspecified atom stereocenters. The SMILES string of the molecule is CNC(=O)[C@@]1(C)Cc2ccccc2N(C)C1=O. The van der Waals surface area contributed by atoms with Crippen LogP contribution < -0.4 is 10.2 Å². The van der Waals surface area contributed by atoms with Crippen molar-refractivity contribution >= 4 is 17.5 Å². The first-order valence-corrected chi connectivity index (χ1v) is 5.59. The van der Waals surface area contributed by atoms with Gasteiger partial charge in [0.15, 0.2) is 0 Å². The molecule has 1 heterocycles. The van der Waals surface area contributed by atoms with Gasteiger partial charge < -0.3 is 10.2 Å². The Labute approximate surface area is 101 Å². The molecule has 1 aliphatic heterocycles. The van der Waals surface area contributed by atoms with Gasteiger partial charge in [-0.25, -0.2) is 0 Å². The maximum atomic E-state index is 12.3. The minimum atomic E-state index is -1.00. The summed E-state index contributed by atoms with van der Waals surface area (Å²) >= 11 is 0. The van der Waals surface area contributed by atoms with Crippen LogP contribution in [0.25, 0.3) is 0 Å². The maximum absolute atomic E-state index is 12.3. The molecule has 0 saturated heterocycles. The second kappa shape index (κ2) is 3.87. The van der Waals surface area contributed by atoms with Gasteiger partial charge in [0.25, 0.3) is 0 Å². The Kier molecular flexibility index (Phi) is 2.65. The van der Waals surface area contributed by atoms with Gasteiger partial charge in [-0.3, -0.25) is 9.59 Å². The van der Waals surface area contributed by atoms with E-state index < -0.39 is 5.41 Å². The van der Waals surface area contributed by atoms with Crippen molar-refractivity contribution in [2.45, 2.75) is 13.3 Å². The highest BCUT2D eigenvalue weighted by molar-refractivity contribution is 6.13. The fraction of sp³-hybridized carbons (Fsp3) is 0.385. The molecule has 1 aliphatic rings. The minimum Gasteiger partial charge on any atom is -0.358 e. The molecule has 0 bridgehead atoms. The molecular weight excluding hydrogens is 216 g/mol. The molecule has 17 heavy (non-hydrogen) atoms. The van der Waals surface area contributed by atoms with Gasteiger partial charge in [-0.2, -0.15) is 0 Å². The summed E-state index contributed by atoms with van der Waals surface area (Å²) in [6.07, 6.45) is 0.450. The van der Waals surface area contributed by atoms with Crippen LogP contribution in [0.2, 0.25) is 0 Å². The molecule has 0 fully saturated rings. The van der Waals surface area contributed by atoms with Crippen molar-refractivity contribution in [2.24, 2.45) is 5.41 Å². The Morgan fingerprint density at radius 1 is 1.41 bits per heavy atom. The van der Waals surface area contributed by atoms with Crippen LogP contribution in [0, 0.1) is 5.41 Å². The average Bonchev–Trinajstić information content (AvgIpc) is 2.35. The zero-order valence-electron chi connectivity index (χ0n) is 10.3. The number of hydrogen-bond acceptors (Lipinski definition) is 2. The highest BCUT2D eigenvalue weighted by atomic mass is 16.2. The second-order valence-corrected chi connectivity index (χ2v) is 4.58. The van der Waals surface area contributed by atoms with E-state index in [4.69, 9.17) is 0 Å². The van der Waals surface area contributed by atoms with E-state index in [1.54, 1.807) is 25.9 Å². The number of benzene rings is 1. The molecular formula is C13H16N2O2. The van der Waals surface area contributed by atoms with Crippen molar-refractivity contribution in [3.05, 3.63) is 29.8 Å². The van der Waals surface area contributed by atoms with Crippen LogP contribution in [-0.2, 0) is 16.0 Å². The standard InChI is InChI=1S/C13H16N2O2/c1-13(11(16)14-2)8-9-6-4-5-7-10(9)15(3)12(13)17/h4-7H,8H2,1-3H3,(H,14,16)/t13-/m1/s1. The normalized spacial score (nSPS) is 23.2. The summed E-state index contributed by atoms with van der Waals surface area (Å²) in [5.74, 6) is -0.389. The van der Waals surface area contributed by atoms with Gasteiger partial charge in [-0.1, -0.05) is 18.2 Å². The lowest BCUT2D eigenvalue weighted by Gasteiger charge is -2.37. The van der Waals surface area contributed by atoms with Crippen molar-refractivity contribution in [2.75, 3.05) is 19.0 Å². The van der Waals surface area contributed by atoms with E-state index in [1.807, 2.05) is 24.3 Å². The van der Waals surface area contributed by atoms with E-state index in [0.29, 0.717) is 6.42 Å². The van der Waals surface area contributed by atoms with Crippen molar-refractivity contribution in [3.63, 3.8) is 0 Å². The zero-order chi connectivity index (χ0) is 12.6. The van der Waals surface area contributed by atoms with E-state index in [9.17, 15) is 9.59 Å². The predicted molar refractivity (Wildman–Crippen MR) is 65.7 cm³/mol. The Balaban J connectivity index is 2.51. The molecule has 0 saturated carbocycles. The highest BCUT2D eigenvalue weighted by Crippen LogP contribution is 2.36. The number of anilines is 1. The Hall–Kier alpha value is -1.84. The van der Waals surface area contributed by atoms with E-state index in [-0.39, 0.29) is 11.8 Å². The highest BCUT2D eigenvalue weighted by Gasteiger charge is 2.46. The van der Waals surface area contributed by atoms with Crippen LogP contribution in [0.15, 0.2) is 24.3 Å². The van der Waals surface area contributed by atoms with E-state index in [0.717, 1.165) is 11.3 Å². The lowest BCUT2D eigenvalue weighted by atomic mass is 9.78. The van der Waals surface area contributed by atoms with Crippen LogP contribution in [0.3, 0.4) is 0 Å². The van der Waals surface area contributed by atoms with E-state index in [1.165, 1.54) is 0 Å². The van der Waals surface area contributed by atoms with Gasteiger partial charge in [-0.05, 0) is 25.0 Å². The van der Waals surface area contributed by atoms with E-state index >= 15 is 0 Å². The van der Waals surface area contributed by atoms with Gasteiger partial charge in [0, 0.05) is 19.8 Å². The molecule has 0 aromatic heterocycles. The number of nitrogens with one attached hydrogen (secondary N) is 1. The summed E-state index contributed by atoms with van der Waals surface area (Å²) in [6.45, 7) is 1.70. The molecule has 0 spiro atoms. The topological polar surface area (TPSA) is 49.4 Å². The number of carbonyl (C=O) groups is 2. The number of nitrogens with zero attached hydrogens (tertiary/aromatic N) is 1. The van der Waals surface area contributed by atoms with Crippen LogP contribution in [0.5, 0.6) is 0 Å².